The fourth-order valence-corrected chi connectivity index (χ4v) is 5.66. The molecule has 3 heterocycles. The first-order valence-corrected chi connectivity index (χ1v) is 12.8. The Hall–Kier alpha value is -3.64. The predicted molar refractivity (Wildman–Crippen MR) is 131 cm³/mol. The standard InChI is InChI=1S/C28H31N3O5/c32-25(21-11-4-5-12-21)29-16-6-13-22(29)26(33)30-17-7-14-23(30)27(34)31-18-8-15-24(31)28(35)36-19-20-9-2-1-3-10-20/h1-5,9-11,22-24H,6-8,13-19H2/t22-,23-,24-/m0/s1. The number of rotatable bonds is 6. The van der Waals surface area contributed by atoms with Crippen molar-refractivity contribution in [2.24, 2.45) is 0 Å². The van der Waals surface area contributed by atoms with Gasteiger partial charge in [0.05, 0.1) is 5.57 Å². The van der Waals surface area contributed by atoms with Gasteiger partial charge >= 0.3 is 5.97 Å². The molecule has 8 heteroatoms. The van der Waals surface area contributed by atoms with Gasteiger partial charge < -0.3 is 19.4 Å². The Morgan fingerprint density at radius 2 is 1.39 bits per heavy atom. The molecule has 0 spiro atoms. The topological polar surface area (TPSA) is 87.2 Å². The Labute approximate surface area is 210 Å². The molecule has 3 atom stereocenters. The molecule has 36 heavy (non-hydrogen) atoms. The van der Waals surface area contributed by atoms with Crippen molar-refractivity contribution >= 4 is 23.7 Å². The highest BCUT2D eigenvalue weighted by Gasteiger charge is 2.46. The van der Waals surface area contributed by atoms with Crippen LogP contribution in [-0.2, 0) is 30.5 Å². The first kappa shape index (κ1) is 24.1. The number of hydrogen-bond acceptors (Lipinski definition) is 5. The monoisotopic (exact) mass is 489 g/mol. The van der Waals surface area contributed by atoms with Crippen LogP contribution in [0.2, 0.25) is 0 Å². The Morgan fingerprint density at radius 3 is 2.03 bits per heavy atom. The maximum absolute atomic E-state index is 13.6. The van der Waals surface area contributed by atoms with Crippen molar-refractivity contribution < 1.29 is 23.9 Å². The second-order valence-corrected chi connectivity index (χ2v) is 9.71. The number of esters is 1. The molecule has 0 aromatic heterocycles. The molecule has 0 N–H and O–H groups in total. The number of nitrogens with zero attached hydrogens (tertiary/aromatic N) is 3. The van der Waals surface area contributed by atoms with Gasteiger partial charge in [-0.25, -0.2) is 4.79 Å². The number of carbonyl (C=O) groups excluding carboxylic acids is 4. The highest BCUT2D eigenvalue weighted by Crippen LogP contribution is 2.29. The molecule has 1 aliphatic carbocycles. The largest absolute Gasteiger partial charge is 0.459 e. The first-order chi connectivity index (χ1) is 17.5. The summed E-state index contributed by atoms with van der Waals surface area (Å²) in [6.45, 7) is 1.64. The van der Waals surface area contributed by atoms with Crippen LogP contribution >= 0.6 is 0 Å². The normalized spacial score (nSPS) is 24.9. The Balaban J connectivity index is 1.24. The molecule has 188 valence electrons. The van der Waals surface area contributed by atoms with E-state index in [2.05, 4.69) is 5.73 Å². The van der Waals surface area contributed by atoms with Gasteiger partial charge in [0.1, 0.15) is 24.7 Å². The second-order valence-electron chi connectivity index (χ2n) is 9.71. The predicted octanol–water partition coefficient (Wildman–Crippen LogP) is 2.35. The van der Waals surface area contributed by atoms with Gasteiger partial charge in [-0.05, 0) is 56.2 Å². The minimum absolute atomic E-state index is 0.165. The highest BCUT2D eigenvalue weighted by molar-refractivity contribution is 6.00. The lowest BCUT2D eigenvalue weighted by atomic mass is 10.1. The van der Waals surface area contributed by atoms with E-state index < -0.39 is 24.1 Å². The second kappa shape index (κ2) is 10.5. The summed E-state index contributed by atoms with van der Waals surface area (Å²) in [5.41, 5.74) is 4.27. The van der Waals surface area contributed by atoms with Gasteiger partial charge in [-0.2, -0.15) is 0 Å². The zero-order valence-corrected chi connectivity index (χ0v) is 20.3. The summed E-state index contributed by atoms with van der Waals surface area (Å²) >= 11 is 0. The van der Waals surface area contributed by atoms with Crippen molar-refractivity contribution in [3.05, 3.63) is 65.4 Å². The van der Waals surface area contributed by atoms with Gasteiger partial charge in [-0.1, -0.05) is 36.4 Å². The van der Waals surface area contributed by atoms with Crippen LogP contribution in [-0.4, -0.2) is 76.2 Å². The smallest absolute Gasteiger partial charge is 0.329 e. The molecule has 3 aliphatic heterocycles. The summed E-state index contributed by atoms with van der Waals surface area (Å²) < 4.78 is 5.53. The van der Waals surface area contributed by atoms with Crippen LogP contribution in [0.5, 0.6) is 0 Å². The van der Waals surface area contributed by atoms with Gasteiger partial charge in [-0.3, -0.25) is 14.4 Å². The van der Waals surface area contributed by atoms with E-state index in [1.54, 1.807) is 32.9 Å². The average Bonchev–Trinajstić information content (AvgIpc) is 3.72. The molecule has 0 saturated carbocycles. The van der Waals surface area contributed by atoms with E-state index in [1.807, 2.05) is 30.3 Å². The lowest BCUT2D eigenvalue weighted by molar-refractivity contribution is -0.157. The molecular weight excluding hydrogens is 458 g/mol. The van der Waals surface area contributed by atoms with Crippen LogP contribution in [0.15, 0.2) is 59.9 Å². The molecule has 4 aliphatic rings. The summed E-state index contributed by atoms with van der Waals surface area (Å²) in [6, 6.07) is 7.64. The molecule has 0 unspecified atom stereocenters. The third-order valence-corrected chi connectivity index (χ3v) is 7.48. The van der Waals surface area contributed by atoms with E-state index in [0.29, 0.717) is 44.5 Å². The van der Waals surface area contributed by atoms with E-state index in [1.165, 1.54) is 0 Å². The summed E-state index contributed by atoms with van der Waals surface area (Å²) in [6.07, 6.45) is 9.03. The molecule has 8 nitrogen and oxygen atoms in total. The van der Waals surface area contributed by atoms with Crippen molar-refractivity contribution in [2.75, 3.05) is 19.6 Å². The zero-order valence-electron chi connectivity index (χ0n) is 20.3. The van der Waals surface area contributed by atoms with Gasteiger partial charge in [-0.15, -0.1) is 5.73 Å². The van der Waals surface area contributed by atoms with Crippen molar-refractivity contribution in [1.82, 2.24) is 14.7 Å². The Bertz CT molecular complexity index is 1140. The van der Waals surface area contributed by atoms with Crippen molar-refractivity contribution in [3.8, 4) is 0 Å². The maximum Gasteiger partial charge on any atom is 0.329 e. The molecule has 5 rings (SSSR count). The number of benzene rings is 1. The zero-order chi connectivity index (χ0) is 25.1. The molecular formula is C28H31N3O5. The minimum atomic E-state index is -0.629. The van der Waals surface area contributed by atoms with Crippen LogP contribution < -0.4 is 0 Å². The number of ether oxygens (including phenoxy) is 1. The van der Waals surface area contributed by atoms with E-state index in [0.717, 1.165) is 24.8 Å². The molecule has 3 amide bonds. The number of hydrogen-bond donors (Lipinski definition) is 0. The van der Waals surface area contributed by atoms with Crippen LogP contribution in [0.25, 0.3) is 0 Å². The van der Waals surface area contributed by atoms with E-state index in [4.69, 9.17) is 4.74 Å². The van der Waals surface area contributed by atoms with Crippen LogP contribution in [0.4, 0.5) is 0 Å². The quantitative estimate of drug-likeness (QED) is 0.452. The Morgan fingerprint density at radius 1 is 0.806 bits per heavy atom. The van der Waals surface area contributed by atoms with Gasteiger partial charge in [0.2, 0.25) is 11.8 Å². The van der Waals surface area contributed by atoms with Crippen LogP contribution in [0.3, 0.4) is 0 Å². The molecule has 1 aromatic rings. The van der Waals surface area contributed by atoms with Crippen molar-refractivity contribution in [3.63, 3.8) is 0 Å². The van der Waals surface area contributed by atoms with Crippen LogP contribution in [0, 0.1) is 0 Å². The molecule has 0 radical (unpaired) electrons. The number of likely N-dealkylation sites (tertiary alicyclic amines) is 3. The highest BCUT2D eigenvalue weighted by atomic mass is 16.5. The molecule has 1 aromatic carbocycles. The van der Waals surface area contributed by atoms with Crippen molar-refractivity contribution in [1.29, 1.82) is 0 Å². The van der Waals surface area contributed by atoms with Gasteiger partial charge in [0.15, 0.2) is 0 Å². The molecule has 3 fully saturated rings. The summed E-state index contributed by atoms with van der Waals surface area (Å²) in [4.78, 5) is 57.9. The van der Waals surface area contributed by atoms with Gasteiger partial charge in [0.25, 0.3) is 5.91 Å². The number of carbonyl (C=O) groups is 4. The SMILES string of the molecule is O=C(OCc1ccccc1)[C@@H]1CCCN1C(=O)[C@@H]1CCCN1C(=O)[C@@H]1CCCN1C(=O)C1=C=CC=C1. The van der Waals surface area contributed by atoms with Crippen LogP contribution in [0.1, 0.15) is 44.1 Å². The summed E-state index contributed by atoms with van der Waals surface area (Å²) in [5, 5.41) is 0. The molecule has 3 saturated heterocycles. The summed E-state index contributed by atoms with van der Waals surface area (Å²) in [7, 11) is 0. The lowest BCUT2D eigenvalue weighted by Gasteiger charge is -2.33. The van der Waals surface area contributed by atoms with E-state index in [-0.39, 0.29) is 24.3 Å². The van der Waals surface area contributed by atoms with Crippen molar-refractivity contribution in [2.45, 2.75) is 63.3 Å². The number of amides is 3. The third kappa shape index (κ3) is 4.73. The fourth-order valence-electron chi connectivity index (χ4n) is 5.66. The van der Waals surface area contributed by atoms with Gasteiger partial charge in [0, 0.05) is 19.6 Å². The van der Waals surface area contributed by atoms with E-state index in [9.17, 15) is 19.2 Å². The number of allylic oxidation sites excluding steroid dienone is 1. The first-order valence-electron chi connectivity index (χ1n) is 12.8. The van der Waals surface area contributed by atoms with E-state index >= 15 is 0 Å². The fraction of sp³-hybridized carbons (Fsp3) is 0.464. The lowest BCUT2D eigenvalue weighted by Crippen LogP contribution is -2.55. The maximum atomic E-state index is 13.6. The average molecular weight is 490 g/mol. The summed E-state index contributed by atoms with van der Waals surface area (Å²) in [5.74, 6) is -0.969. The third-order valence-electron chi connectivity index (χ3n) is 7.48. The Kier molecular flexibility index (Phi) is 7.05. The molecule has 0 bridgehead atoms. The minimum Gasteiger partial charge on any atom is -0.459 e.